The standard InChI is InChI=1S/C18H25N3O4/c1-12-4-5-15(13(2)10-12)19-18(24)20-16(22)11-21-8-6-14(7-9-21)17(23)25-3/h4-5,10,14H,6-9,11H2,1-3H3,(H2,19,20,22,24). The molecule has 0 spiro atoms. The van der Waals surface area contributed by atoms with Gasteiger partial charge in [-0.25, -0.2) is 4.79 Å². The fraction of sp³-hybridized carbons (Fsp3) is 0.500. The van der Waals surface area contributed by atoms with Crippen molar-refractivity contribution in [1.82, 2.24) is 10.2 Å². The lowest BCUT2D eigenvalue weighted by atomic mass is 9.97. The number of likely N-dealkylation sites (tertiary alicyclic amines) is 1. The van der Waals surface area contributed by atoms with Crippen LogP contribution in [-0.2, 0) is 14.3 Å². The predicted octanol–water partition coefficient (Wildman–Crippen LogP) is 1.84. The molecule has 1 aromatic rings. The van der Waals surface area contributed by atoms with Crippen molar-refractivity contribution in [3.63, 3.8) is 0 Å². The third-order valence-corrected chi connectivity index (χ3v) is 4.37. The summed E-state index contributed by atoms with van der Waals surface area (Å²) in [6.07, 6.45) is 1.32. The lowest BCUT2D eigenvalue weighted by Gasteiger charge is -2.29. The number of imide groups is 1. The van der Waals surface area contributed by atoms with Gasteiger partial charge in [-0.1, -0.05) is 17.7 Å². The van der Waals surface area contributed by atoms with E-state index in [1.54, 1.807) is 0 Å². The second kappa shape index (κ2) is 8.62. The minimum atomic E-state index is -0.540. The normalized spacial score (nSPS) is 15.5. The van der Waals surface area contributed by atoms with E-state index in [1.165, 1.54) is 7.11 Å². The molecule has 0 aliphatic carbocycles. The molecule has 0 radical (unpaired) electrons. The number of hydrogen-bond acceptors (Lipinski definition) is 5. The highest BCUT2D eigenvalue weighted by Crippen LogP contribution is 2.18. The molecule has 0 atom stereocenters. The highest BCUT2D eigenvalue weighted by molar-refractivity contribution is 6.02. The average molecular weight is 347 g/mol. The summed E-state index contributed by atoms with van der Waals surface area (Å²) in [6.45, 7) is 5.27. The molecule has 1 heterocycles. The van der Waals surface area contributed by atoms with Crippen LogP contribution >= 0.6 is 0 Å². The van der Waals surface area contributed by atoms with Crippen LogP contribution in [-0.4, -0.2) is 49.6 Å². The number of hydrogen-bond donors (Lipinski definition) is 2. The first-order valence-electron chi connectivity index (χ1n) is 8.37. The molecule has 1 fully saturated rings. The van der Waals surface area contributed by atoms with Gasteiger partial charge in [0.1, 0.15) is 0 Å². The number of amides is 3. The molecule has 1 aromatic carbocycles. The number of benzene rings is 1. The zero-order valence-electron chi connectivity index (χ0n) is 14.9. The summed E-state index contributed by atoms with van der Waals surface area (Å²) in [5.41, 5.74) is 2.72. The Labute approximate surface area is 147 Å². The molecule has 7 heteroatoms. The van der Waals surface area contributed by atoms with Crippen molar-refractivity contribution in [1.29, 1.82) is 0 Å². The van der Waals surface area contributed by atoms with Crippen molar-refractivity contribution >= 4 is 23.6 Å². The number of piperidine rings is 1. The quantitative estimate of drug-likeness (QED) is 0.812. The Balaban J connectivity index is 1.76. The minimum absolute atomic E-state index is 0.0999. The van der Waals surface area contributed by atoms with Crippen LogP contribution in [0.3, 0.4) is 0 Å². The van der Waals surface area contributed by atoms with E-state index in [2.05, 4.69) is 10.6 Å². The molecular weight excluding hydrogens is 322 g/mol. The van der Waals surface area contributed by atoms with Gasteiger partial charge >= 0.3 is 12.0 Å². The molecule has 2 rings (SSSR count). The van der Waals surface area contributed by atoms with Gasteiger partial charge in [-0.3, -0.25) is 19.8 Å². The van der Waals surface area contributed by atoms with E-state index in [9.17, 15) is 14.4 Å². The Morgan fingerprint density at radius 1 is 1.20 bits per heavy atom. The first-order chi connectivity index (χ1) is 11.9. The molecular formula is C18H25N3O4. The predicted molar refractivity (Wildman–Crippen MR) is 94.3 cm³/mol. The monoisotopic (exact) mass is 347 g/mol. The molecule has 0 saturated carbocycles. The van der Waals surface area contributed by atoms with Crippen LogP contribution in [0.5, 0.6) is 0 Å². The lowest BCUT2D eigenvalue weighted by Crippen LogP contribution is -2.45. The maximum atomic E-state index is 12.0. The molecule has 0 aromatic heterocycles. The zero-order chi connectivity index (χ0) is 18.4. The fourth-order valence-electron chi connectivity index (χ4n) is 2.97. The van der Waals surface area contributed by atoms with Crippen LogP contribution in [0.4, 0.5) is 10.5 Å². The summed E-state index contributed by atoms with van der Waals surface area (Å²) >= 11 is 0. The Hall–Kier alpha value is -2.41. The number of urea groups is 1. The fourth-order valence-corrected chi connectivity index (χ4v) is 2.97. The Morgan fingerprint density at radius 2 is 1.88 bits per heavy atom. The second-order valence-corrected chi connectivity index (χ2v) is 6.39. The van der Waals surface area contributed by atoms with Crippen molar-refractivity contribution in [3.05, 3.63) is 29.3 Å². The molecule has 7 nitrogen and oxygen atoms in total. The number of esters is 1. The van der Waals surface area contributed by atoms with E-state index in [1.807, 2.05) is 36.9 Å². The van der Waals surface area contributed by atoms with Crippen LogP contribution in [0.25, 0.3) is 0 Å². The summed E-state index contributed by atoms with van der Waals surface area (Å²) in [6, 6.07) is 5.13. The number of carbonyl (C=O) groups excluding carboxylic acids is 3. The first kappa shape index (κ1) is 18.9. The van der Waals surface area contributed by atoms with Crippen LogP contribution in [0.2, 0.25) is 0 Å². The maximum absolute atomic E-state index is 12.0. The van der Waals surface area contributed by atoms with Gasteiger partial charge in [-0.05, 0) is 51.4 Å². The molecule has 25 heavy (non-hydrogen) atoms. The van der Waals surface area contributed by atoms with Gasteiger partial charge in [0, 0.05) is 5.69 Å². The van der Waals surface area contributed by atoms with Crippen molar-refractivity contribution in [2.75, 3.05) is 32.1 Å². The van der Waals surface area contributed by atoms with Crippen molar-refractivity contribution < 1.29 is 19.1 Å². The highest BCUT2D eigenvalue weighted by atomic mass is 16.5. The van der Waals surface area contributed by atoms with Gasteiger partial charge in [-0.2, -0.15) is 0 Å². The molecule has 2 N–H and O–H groups in total. The molecule has 3 amide bonds. The van der Waals surface area contributed by atoms with Gasteiger partial charge in [-0.15, -0.1) is 0 Å². The van der Waals surface area contributed by atoms with Gasteiger partial charge in [0.15, 0.2) is 0 Å². The van der Waals surface area contributed by atoms with E-state index in [-0.39, 0.29) is 24.3 Å². The number of nitrogens with zero attached hydrogens (tertiary/aromatic N) is 1. The topological polar surface area (TPSA) is 87.7 Å². The highest BCUT2D eigenvalue weighted by Gasteiger charge is 2.26. The second-order valence-electron chi connectivity index (χ2n) is 6.39. The summed E-state index contributed by atoms with van der Waals surface area (Å²) in [7, 11) is 1.39. The lowest BCUT2D eigenvalue weighted by molar-refractivity contribution is -0.147. The van der Waals surface area contributed by atoms with Crippen LogP contribution < -0.4 is 10.6 Å². The van der Waals surface area contributed by atoms with Crippen molar-refractivity contribution in [3.8, 4) is 0 Å². The van der Waals surface area contributed by atoms with Crippen molar-refractivity contribution in [2.24, 2.45) is 5.92 Å². The number of anilines is 1. The van der Waals surface area contributed by atoms with Gasteiger partial charge in [0.2, 0.25) is 5.91 Å². The molecule has 1 aliphatic heterocycles. The van der Waals surface area contributed by atoms with Crippen LogP contribution in [0.1, 0.15) is 24.0 Å². The van der Waals surface area contributed by atoms with E-state index < -0.39 is 6.03 Å². The smallest absolute Gasteiger partial charge is 0.325 e. The summed E-state index contributed by atoms with van der Waals surface area (Å²) in [4.78, 5) is 37.4. The van der Waals surface area contributed by atoms with E-state index >= 15 is 0 Å². The number of nitrogens with one attached hydrogen (secondary N) is 2. The van der Waals surface area contributed by atoms with Crippen LogP contribution in [0.15, 0.2) is 18.2 Å². The molecule has 0 unspecified atom stereocenters. The van der Waals surface area contributed by atoms with Gasteiger partial charge in [0.25, 0.3) is 0 Å². The number of carbonyl (C=O) groups is 3. The van der Waals surface area contributed by atoms with Gasteiger partial charge < -0.3 is 10.1 Å². The number of methoxy groups -OCH3 is 1. The minimum Gasteiger partial charge on any atom is -0.469 e. The number of rotatable bonds is 4. The molecule has 0 bridgehead atoms. The van der Waals surface area contributed by atoms with Crippen molar-refractivity contribution in [2.45, 2.75) is 26.7 Å². The van der Waals surface area contributed by atoms with Gasteiger partial charge in [0.05, 0.1) is 19.6 Å². The summed E-state index contributed by atoms with van der Waals surface area (Å²) in [5.74, 6) is -0.659. The summed E-state index contributed by atoms with van der Waals surface area (Å²) < 4.78 is 4.74. The van der Waals surface area contributed by atoms with E-state index in [0.29, 0.717) is 31.6 Å². The largest absolute Gasteiger partial charge is 0.469 e. The third kappa shape index (κ3) is 5.56. The number of aryl methyl sites for hydroxylation is 2. The Morgan fingerprint density at radius 3 is 2.48 bits per heavy atom. The zero-order valence-corrected chi connectivity index (χ0v) is 14.9. The van der Waals surface area contributed by atoms with E-state index in [0.717, 1.165) is 11.1 Å². The Bertz CT molecular complexity index is 652. The molecule has 136 valence electrons. The Kier molecular flexibility index (Phi) is 6.52. The third-order valence-electron chi connectivity index (χ3n) is 4.37. The molecule has 1 aliphatic rings. The van der Waals surface area contributed by atoms with E-state index in [4.69, 9.17) is 4.74 Å². The first-order valence-corrected chi connectivity index (χ1v) is 8.37. The molecule has 1 saturated heterocycles. The SMILES string of the molecule is COC(=O)C1CCN(CC(=O)NC(=O)Nc2ccc(C)cc2C)CC1. The maximum Gasteiger partial charge on any atom is 0.325 e. The number of ether oxygens (including phenoxy) is 1. The summed E-state index contributed by atoms with van der Waals surface area (Å²) in [5, 5.41) is 5.02. The van der Waals surface area contributed by atoms with Crippen LogP contribution in [0, 0.1) is 19.8 Å². The average Bonchev–Trinajstić information content (AvgIpc) is 2.57.